The number of carbonyl (C=O) groups excluding carboxylic acids is 1. The van der Waals surface area contributed by atoms with E-state index in [2.05, 4.69) is 5.32 Å². The van der Waals surface area contributed by atoms with Crippen molar-refractivity contribution in [2.75, 3.05) is 19.3 Å². The lowest BCUT2D eigenvalue weighted by molar-refractivity contribution is -0.137. The fraction of sp³-hybridized carbons (Fsp3) is 0.500. The molecular formula is C16H24NO6P. The first-order valence-electron chi connectivity index (χ1n) is 7.85. The number of carbonyl (C=O) groups is 2. The zero-order valence-corrected chi connectivity index (χ0v) is 14.8. The van der Waals surface area contributed by atoms with Crippen LogP contribution in [0.1, 0.15) is 25.8 Å². The average Bonchev–Trinajstić information content (AvgIpc) is 2.55. The smallest absolute Gasteiger partial charge is 0.331 e. The second-order valence-corrected chi connectivity index (χ2v) is 7.39. The van der Waals surface area contributed by atoms with Crippen molar-refractivity contribution in [1.82, 2.24) is 5.32 Å². The molecule has 0 aliphatic rings. The molecule has 0 heterocycles. The molecule has 8 heteroatoms. The molecule has 0 saturated heterocycles. The zero-order valence-electron chi connectivity index (χ0n) is 13.9. The van der Waals surface area contributed by atoms with Gasteiger partial charge in [0.2, 0.25) is 5.91 Å². The highest BCUT2D eigenvalue weighted by molar-refractivity contribution is 7.53. The summed E-state index contributed by atoms with van der Waals surface area (Å²) < 4.78 is 23.3. The van der Waals surface area contributed by atoms with Gasteiger partial charge in [-0.1, -0.05) is 37.3 Å². The van der Waals surface area contributed by atoms with Crippen molar-refractivity contribution in [3.8, 4) is 0 Å². The van der Waals surface area contributed by atoms with Crippen molar-refractivity contribution in [2.45, 2.75) is 32.8 Å². The molecule has 1 unspecified atom stereocenters. The van der Waals surface area contributed by atoms with Crippen molar-refractivity contribution in [3.05, 3.63) is 35.9 Å². The van der Waals surface area contributed by atoms with Crippen LogP contribution in [0.3, 0.4) is 0 Å². The van der Waals surface area contributed by atoms with Gasteiger partial charge in [0, 0.05) is 19.1 Å². The third-order valence-corrected chi connectivity index (χ3v) is 5.20. The number of hydrogen-bond acceptors (Lipinski definition) is 5. The quantitative estimate of drug-likeness (QED) is 0.590. The first-order chi connectivity index (χ1) is 11.4. The molecule has 0 fully saturated rings. The van der Waals surface area contributed by atoms with Gasteiger partial charge in [-0.05, 0) is 12.5 Å². The number of benzene rings is 1. The van der Waals surface area contributed by atoms with E-state index in [9.17, 15) is 14.2 Å². The Labute approximate surface area is 141 Å². The predicted octanol–water partition coefficient (Wildman–Crippen LogP) is 2.45. The summed E-state index contributed by atoms with van der Waals surface area (Å²) in [7, 11) is -3.38. The highest BCUT2D eigenvalue weighted by atomic mass is 31.2. The third kappa shape index (κ3) is 7.25. The number of amides is 1. The Morgan fingerprint density at radius 3 is 2.46 bits per heavy atom. The Morgan fingerprint density at radius 1 is 1.25 bits per heavy atom. The number of hydrogen-bond donors (Lipinski definition) is 2. The zero-order chi connectivity index (χ0) is 18.0. The second-order valence-electron chi connectivity index (χ2n) is 5.06. The SMILES string of the molecule is CCOP(=O)(CC)O[C@@H](Cc1ccccc1)C(=O)NCCC(=O)O. The largest absolute Gasteiger partial charge is 0.481 e. The summed E-state index contributed by atoms with van der Waals surface area (Å²) in [5.41, 5.74) is 0.843. The highest BCUT2D eigenvalue weighted by Crippen LogP contribution is 2.49. The Kier molecular flexibility index (Phi) is 8.68. The number of nitrogens with one attached hydrogen (secondary N) is 1. The van der Waals surface area contributed by atoms with E-state index >= 15 is 0 Å². The van der Waals surface area contributed by atoms with Crippen LogP contribution in [-0.2, 0) is 29.6 Å². The molecular weight excluding hydrogens is 333 g/mol. The summed E-state index contributed by atoms with van der Waals surface area (Å²) in [5, 5.41) is 11.1. The minimum absolute atomic E-state index is 0.0200. The maximum absolute atomic E-state index is 12.6. The average molecular weight is 357 g/mol. The Bertz CT molecular complexity index is 577. The number of carboxylic acids is 1. The monoisotopic (exact) mass is 357 g/mol. The summed E-state index contributed by atoms with van der Waals surface area (Å²) in [4.78, 5) is 22.9. The van der Waals surface area contributed by atoms with Crippen molar-refractivity contribution in [1.29, 1.82) is 0 Å². The molecule has 1 amide bonds. The summed E-state index contributed by atoms with van der Waals surface area (Å²) in [6, 6.07) is 9.17. The van der Waals surface area contributed by atoms with Gasteiger partial charge in [0.15, 0.2) is 0 Å². The molecule has 7 nitrogen and oxygen atoms in total. The van der Waals surface area contributed by atoms with Crippen molar-refractivity contribution in [3.63, 3.8) is 0 Å². The molecule has 1 aromatic carbocycles. The van der Waals surface area contributed by atoms with E-state index in [1.54, 1.807) is 13.8 Å². The van der Waals surface area contributed by atoms with Crippen LogP contribution >= 0.6 is 7.60 Å². The summed E-state index contributed by atoms with van der Waals surface area (Å²) in [6.45, 7) is 3.56. The molecule has 1 aromatic rings. The van der Waals surface area contributed by atoms with Gasteiger partial charge in [-0.15, -0.1) is 0 Å². The Balaban J connectivity index is 2.83. The maximum Gasteiger partial charge on any atom is 0.331 e. The van der Waals surface area contributed by atoms with Crippen LogP contribution in [-0.4, -0.2) is 42.4 Å². The van der Waals surface area contributed by atoms with E-state index in [-0.39, 0.29) is 32.2 Å². The Hall–Kier alpha value is -1.69. The molecule has 0 spiro atoms. The number of aliphatic carboxylic acids is 1. The van der Waals surface area contributed by atoms with Crippen LogP contribution in [0.4, 0.5) is 0 Å². The van der Waals surface area contributed by atoms with Gasteiger partial charge in [-0.2, -0.15) is 0 Å². The number of rotatable bonds is 11. The van der Waals surface area contributed by atoms with Gasteiger partial charge < -0.3 is 14.9 Å². The summed E-state index contributed by atoms with van der Waals surface area (Å²) in [6.07, 6.45) is -0.843. The molecule has 2 atom stereocenters. The molecule has 0 aliphatic heterocycles. The van der Waals surface area contributed by atoms with Gasteiger partial charge in [0.1, 0.15) is 6.10 Å². The first-order valence-corrected chi connectivity index (χ1v) is 9.58. The lowest BCUT2D eigenvalue weighted by atomic mass is 10.1. The normalized spacial score (nSPS) is 14.6. The topological polar surface area (TPSA) is 102 Å². The van der Waals surface area contributed by atoms with E-state index in [0.717, 1.165) is 5.56 Å². The van der Waals surface area contributed by atoms with Crippen LogP contribution in [0.5, 0.6) is 0 Å². The second kappa shape index (κ2) is 10.2. The minimum atomic E-state index is -3.38. The van der Waals surface area contributed by atoms with Crippen LogP contribution in [0.25, 0.3) is 0 Å². The molecule has 0 aliphatic carbocycles. The molecule has 134 valence electrons. The molecule has 24 heavy (non-hydrogen) atoms. The molecule has 0 bridgehead atoms. The fourth-order valence-corrected chi connectivity index (χ4v) is 3.34. The molecule has 0 radical (unpaired) electrons. The third-order valence-electron chi connectivity index (χ3n) is 3.20. The predicted molar refractivity (Wildman–Crippen MR) is 90.1 cm³/mol. The van der Waals surface area contributed by atoms with E-state index in [0.29, 0.717) is 0 Å². The van der Waals surface area contributed by atoms with Gasteiger partial charge in [0.25, 0.3) is 0 Å². The fourth-order valence-electron chi connectivity index (χ4n) is 2.00. The van der Waals surface area contributed by atoms with E-state index in [1.807, 2.05) is 30.3 Å². The maximum atomic E-state index is 12.6. The van der Waals surface area contributed by atoms with Crippen molar-refractivity contribution >= 4 is 19.5 Å². The van der Waals surface area contributed by atoms with Gasteiger partial charge in [-0.25, -0.2) is 0 Å². The Morgan fingerprint density at radius 2 is 1.92 bits per heavy atom. The lowest BCUT2D eigenvalue weighted by Crippen LogP contribution is -2.38. The summed E-state index contributed by atoms with van der Waals surface area (Å²) in [5.74, 6) is -1.52. The van der Waals surface area contributed by atoms with Crippen molar-refractivity contribution < 1.29 is 28.3 Å². The summed E-state index contributed by atoms with van der Waals surface area (Å²) >= 11 is 0. The molecule has 2 N–H and O–H groups in total. The molecule has 0 saturated carbocycles. The van der Waals surface area contributed by atoms with Crippen LogP contribution in [0.2, 0.25) is 0 Å². The van der Waals surface area contributed by atoms with Crippen LogP contribution in [0, 0.1) is 0 Å². The first kappa shape index (κ1) is 20.4. The molecule has 0 aromatic heterocycles. The number of carboxylic acid groups (broad SMARTS) is 1. The van der Waals surface area contributed by atoms with E-state index in [1.165, 1.54) is 0 Å². The molecule has 1 rings (SSSR count). The standard InChI is InChI=1S/C16H24NO6P/c1-3-22-24(21,4-2)23-14(12-13-8-6-5-7-9-13)16(20)17-11-10-15(18)19/h5-9,14H,3-4,10-12H2,1-2H3,(H,17,20)(H,18,19)/t14-,24?/m0/s1. The van der Waals surface area contributed by atoms with Crippen molar-refractivity contribution in [2.24, 2.45) is 0 Å². The van der Waals surface area contributed by atoms with E-state index in [4.69, 9.17) is 14.2 Å². The van der Waals surface area contributed by atoms with Crippen LogP contribution in [0.15, 0.2) is 30.3 Å². The lowest BCUT2D eigenvalue weighted by Gasteiger charge is -2.23. The van der Waals surface area contributed by atoms with Crippen LogP contribution < -0.4 is 5.32 Å². The van der Waals surface area contributed by atoms with Gasteiger partial charge >= 0.3 is 13.6 Å². The van der Waals surface area contributed by atoms with E-state index < -0.39 is 25.6 Å². The van der Waals surface area contributed by atoms with Gasteiger partial charge in [0.05, 0.1) is 13.0 Å². The highest BCUT2D eigenvalue weighted by Gasteiger charge is 2.31. The minimum Gasteiger partial charge on any atom is -0.481 e. The van der Waals surface area contributed by atoms with Gasteiger partial charge in [-0.3, -0.25) is 18.7 Å².